The van der Waals surface area contributed by atoms with E-state index in [2.05, 4.69) is 48.1 Å². The molecule has 0 unspecified atom stereocenters. The summed E-state index contributed by atoms with van der Waals surface area (Å²) in [4.78, 5) is 12.0. The number of carbonyl (C=O) groups excluding carboxylic acids is 1. The van der Waals surface area contributed by atoms with Crippen molar-refractivity contribution in [2.75, 3.05) is 13.2 Å². The molecule has 0 aromatic heterocycles. The van der Waals surface area contributed by atoms with E-state index in [1.165, 1.54) is 37.7 Å². The van der Waals surface area contributed by atoms with Crippen LogP contribution < -0.4 is 0 Å². The zero-order chi connectivity index (χ0) is 26.3. The van der Waals surface area contributed by atoms with Crippen LogP contribution in [-0.2, 0) is 9.53 Å². The van der Waals surface area contributed by atoms with Crippen LogP contribution in [0.3, 0.4) is 0 Å². The van der Waals surface area contributed by atoms with Gasteiger partial charge in [0.2, 0.25) is 0 Å². The highest BCUT2D eigenvalue weighted by Crippen LogP contribution is 2.77. The normalized spacial score (nSPS) is 51.3. The molecule has 5 aliphatic carbocycles. The molecule has 0 aliphatic heterocycles. The standard InChI is InChI=1S/C32H52O4/c1-20(2)21-10-15-32(19-36-26(35)18-33)17-16-30(6)22(27(21)32)8-9-24-29(5)13-12-25(34)28(3,4)23(29)11-14-31(24,30)7/h21-25,27,33-34H,1,8-19H2,2-7H3/t21-,22+,23-,24+,25-,27+,29-,30+,31+,32+/m0/s1. The smallest absolute Gasteiger partial charge is 0.331 e. The highest BCUT2D eigenvalue weighted by atomic mass is 16.5. The first-order valence-corrected chi connectivity index (χ1v) is 14.9. The molecule has 5 aliphatic rings. The lowest BCUT2D eigenvalue weighted by Crippen LogP contribution is -2.66. The number of allylic oxidation sites excluding steroid dienone is 1. The first kappa shape index (κ1) is 26.7. The highest BCUT2D eigenvalue weighted by Gasteiger charge is 2.70. The molecule has 0 bridgehead atoms. The second kappa shape index (κ2) is 8.57. The molecule has 2 N–H and O–H groups in total. The maximum Gasteiger partial charge on any atom is 0.331 e. The fourth-order valence-corrected chi connectivity index (χ4v) is 11.8. The summed E-state index contributed by atoms with van der Waals surface area (Å²) in [6, 6.07) is 0. The van der Waals surface area contributed by atoms with Gasteiger partial charge in [0.05, 0.1) is 12.7 Å². The third kappa shape index (κ3) is 3.41. The number of esters is 1. The van der Waals surface area contributed by atoms with Crippen molar-refractivity contribution in [1.82, 2.24) is 0 Å². The molecule has 4 heteroatoms. The van der Waals surface area contributed by atoms with Gasteiger partial charge in [0, 0.05) is 5.41 Å². The third-order valence-corrected chi connectivity index (χ3v) is 13.9. The van der Waals surface area contributed by atoms with Crippen molar-refractivity contribution >= 4 is 5.97 Å². The number of hydrogen-bond acceptors (Lipinski definition) is 4. The van der Waals surface area contributed by atoms with Crippen molar-refractivity contribution in [2.45, 2.75) is 112 Å². The van der Waals surface area contributed by atoms with E-state index in [1.807, 2.05) is 0 Å². The summed E-state index contributed by atoms with van der Waals surface area (Å²) in [5, 5.41) is 20.3. The van der Waals surface area contributed by atoms with Crippen LogP contribution in [0.1, 0.15) is 106 Å². The summed E-state index contributed by atoms with van der Waals surface area (Å²) in [6.45, 7) is 19.1. The molecule has 0 aromatic rings. The molecule has 5 saturated carbocycles. The Morgan fingerprint density at radius 3 is 2.28 bits per heavy atom. The van der Waals surface area contributed by atoms with Crippen LogP contribution in [0, 0.1) is 56.7 Å². The molecule has 0 aromatic carbocycles. The summed E-state index contributed by atoms with van der Waals surface area (Å²) >= 11 is 0. The topological polar surface area (TPSA) is 66.8 Å². The van der Waals surface area contributed by atoms with Crippen molar-refractivity contribution in [3.8, 4) is 0 Å². The lowest BCUT2D eigenvalue weighted by molar-refractivity contribution is -0.250. The third-order valence-electron chi connectivity index (χ3n) is 13.9. The van der Waals surface area contributed by atoms with Crippen molar-refractivity contribution in [2.24, 2.45) is 56.7 Å². The van der Waals surface area contributed by atoms with Crippen LogP contribution >= 0.6 is 0 Å². The van der Waals surface area contributed by atoms with E-state index >= 15 is 0 Å². The Morgan fingerprint density at radius 1 is 0.889 bits per heavy atom. The van der Waals surface area contributed by atoms with Crippen LogP contribution in [0.25, 0.3) is 0 Å². The van der Waals surface area contributed by atoms with Gasteiger partial charge in [-0.2, -0.15) is 0 Å². The fraction of sp³-hybridized carbons (Fsp3) is 0.906. The van der Waals surface area contributed by atoms with Crippen molar-refractivity contribution in [1.29, 1.82) is 0 Å². The van der Waals surface area contributed by atoms with E-state index in [0.29, 0.717) is 41.6 Å². The van der Waals surface area contributed by atoms with Crippen LogP contribution in [0.2, 0.25) is 0 Å². The molecule has 0 spiro atoms. The van der Waals surface area contributed by atoms with Crippen LogP contribution in [0.15, 0.2) is 12.2 Å². The predicted octanol–water partition coefficient (Wildman–Crippen LogP) is 6.54. The van der Waals surface area contributed by atoms with Gasteiger partial charge in [-0.3, -0.25) is 0 Å². The lowest BCUT2D eigenvalue weighted by atomic mass is 9.32. The average molecular weight is 501 g/mol. The number of carbonyl (C=O) groups is 1. The quantitative estimate of drug-likeness (QED) is 0.340. The molecule has 5 rings (SSSR count). The van der Waals surface area contributed by atoms with Gasteiger partial charge in [0.25, 0.3) is 0 Å². The number of rotatable bonds is 4. The van der Waals surface area contributed by atoms with E-state index < -0.39 is 12.6 Å². The van der Waals surface area contributed by atoms with Crippen molar-refractivity contribution in [3.05, 3.63) is 12.2 Å². The number of aliphatic hydroxyl groups excluding tert-OH is 2. The second-order valence-electron chi connectivity index (χ2n) is 15.2. The van der Waals surface area contributed by atoms with Gasteiger partial charge in [-0.1, -0.05) is 46.8 Å². The largest absolute Gasteiger partial charge is 0.463 e. The van der Waals surface area contributed by atoms with Crippen LogP contribution in [-0.4, -0.2) is 35.5 Å². The number of fused-ring (bicyclic) bond motifs is 7. The molecule has 204 valence electrons. The Hall–Kier alpha value is -0.870. The van der Waals surface area contributed by atoms with Crippen molar-refractivity contribution < 1.29 is 19.7 Å². The van der Waals surface area contributed by atoms with Gasteiger partial charge in [-0.25, -0.2) is 4.79 Å². The summed E-state index contributed by atoms with van der Waals surface area (Å²) in [5.41, 5.74) is 2.15. The number of ether oxygens (including phenoxy) is 1. The Labute approximate surface area is 219 Å². The van der Waals surface area contributed by atoms with Gasteiger partial charge < -0.3 is 14.9 Å². The Bertz CT molecular complexity index is 910. The summed E-state index contributed by atoms with van der Waals surface area (Å²) in [7, 11) is 0. The SMILES string of the molecule is C=C(C)[C@@H]1CC[C@]2(COC(=O)CO)CC[C@]3(C)[C@H](CC[C@@H]4[C@@]5(C)CC[C@H](O)C(C)(C)[C@@H]5CC[C@]43C)[C@@H]12. The fourth-order valence-electron chi connectivity index (χ4n) is 11.8. The molecule has 10 atom stereocenters. The van der Waals surface area contributed by atoms with Gasteiger partial charge in [0.1, 0.15) is 6.61 Å². The maximum atomic E-state index is 12.0. The van der Waals surface area contributed by atoms with Crippen molar-refractivity contribution in [3.63, 3.8) is 0 Å². The van der Waals surface area contributed by atoms with E-state index in [0.717, 1.165) is 32.1 Å². The van der Waals surface area contributed by atoms with E-state index in [-0.39, 0.29) is 27.8 Å². The molecular weight excluding hydrogens is 448 g/mol. The minimum atomic E-state index is -0.531. The molecule has 0 radical (unpaired) electrons. The zero-order valence-electron chi connectivity index (χ0n) is 23.9. The van der Waals surface area contributed by atoms with Gasteiger partial charge in [-0.15, -0.1) is 0 Å². The second-order valence-corrected chi connectivity index (χ2v) is 15.2. The van der Waals surface area contributed by atoms with Crippen LogP contribution in [0.4, 0.5) is 0 Å². The molecule has 0 amide bonds. The van der Waals surface area contributed by atoms with E-state index in [9.17, 15) is 15.0 Å². The molecule has 4 nitrogen and oxygen atoms in total. The first-order chi connectivity index (χ1) is 16.8. The number of aliphatic hydroxyl groups is 2. The van der Waals surface area contributed by atoms with Gasteiger partial charge in [0.15, 0.2) is 0 Å². The van der Waals surface area contributed by atoms with Gasteiger partial charge in [-0.05, 0) is 122 Å². The first-order valence-electron chi connectivity index (χ1n) is 14.9. The minimum absolute atomic E-state index is 0.0130. The summed E-state index contributed by atoms with van der Waals surface area (Å²) in [5.74, 6) is 2.42. The lowest BCUT2D eigenvalue weighted by Gasteiger charge is -2.73. The summed E-state index contributed by atoms with van der Waals surface area (Å²) in [6.07, 6.45) is 11.5. The monoisotopic (exact) mass is 500 g/mol. The van der Waals surface area contributed by atoms with Crippen LogP contribution in [0.5, 0.6) is 0 Å². The molecule has 0 saturated heterocycles. The minimum Gasteiger partial charge on any atom is -0.463 e. The average Bonchev–Trinajstić information content (AvgIpc) is 3.21. The summed E-state index contributed by atoms with van der Waals surface area (Å²) < 4.78 is 5.69. The number of hydrogen-bond donors (Lipinski definition) is 2. The molecule has 0 heterocycles. The zero-order valence-corrected chi connectivity index (χ0v) is 23.9. The Morgan fingerprint density at radius 2 is 1.61 bits per heavy atom. The Kier molecular flexibility index (Phi) is 6.36. The highest BCUT2D eigenvalue weighted by molar-refractivity contribution is 5.70. The van der Waals surface area contributed by atoms with Gasteiger partial charge >= 0.3 is 5.97 Å². The molecule has 36 heavy (non-hydrogen) atoms. The molecule has 5 fully saturated rings. The van der Waals surface area contributed by atoms with E-state index in [4.69, 9.17) is 4.74 Å². The Balaban J connectivity index is 1.51. The van der Waals surface area contributed by atoms with E-state index in [1.54, 1.807) is 0 Å². The molecular formula is C32H52O4. The predicted molar refractivity (Wildman–Crippen MR) is 143 cm³/mol. The maximum absolute atomic E-state index is 12.0.